The van der Waals surface area contributed by atoms with Gasteiger partial charge in [-0.1, -0.05) is 36.0 Å². The predicted octanol–water partition coefficient (Wildman–Crippen LogP) is 6.04. The molecule has 32 heavy (non-hydrogen) atoms. The molecule has 0 unspecified atom stereocenters. The van der Waals surface area contributed by atoms with Crippen LogP contribution in [0.25, 0.3) is 15.9 Å². The molecule has 0 fully saturated rings. The monoisotopic (exact) mass is 476 g/mol. The van der Waals surface area contributed by atoms with Crippen molar-refractivity contribution in [3.63, 3.8) is 0 Å². The Labute approximate surface area is 196 Å². The lowest BCUT2D eigenvalue weighted by molar-refractivity contribution is 0.468. The molecule has 0 saturated carbocycles. The van der Waals surface area contributed by atoms with E-state index in [1.165, 1.54) is 11.8 Å². The number of fused-ring (bicyclic) bond motifs is 1. The van der Waals surface area contributed by atoms with E-state index in [1.54, 1.807) is 34.0 Å². The third-order valence-corrected chi connectivity index (χ3v) is 7.27. The van der Waals surface area contributed by atoms with Crippen LogP contribution >= 0.6 is 34.9 Å². The van der Waals surface area contributed by atoms with E-state index in [4.69, 9.17) is 4.42 Å². The minimum atomic E-state index is 0.620. The van der Waals surface area contributed by atoms with Crippen molar-refractivity contribution >= 4 is 57.0 Å². The molecular formula is C22H16N6OS3. The molecule has 0 bridgehead atoms. The molecule has 0 N–H and O–H groups in total. The van der Waals surface area contributed by atoms with Gasteiger partial charge in [-0.15, -0.1) is 23.0 Å². The molecule has 0 spiro atoms. The molecule has 7 nitrogen and oxygen atoms in total. The van der Waals surface area contributed by atoms with E-state index < -0.39 is 0 Å². The van der Waals surface area contributed by atoms with E-state index in [0.29, 0.717) is 16.0 Å². The summed E-state index contributed by atoms with van der Waals surface area (Å²) in [6, 6.07) is 19.5. The smallest absolute Gasteiger partial charge is 0.221 e. The van der Waals surface area contributed by atoms with Gasteiger partial charge in [0.05, 0.1) is 27.8 Å². The number of hydrogen-bond donors (Lipinski definition) is 0. The average Bonchev–Trinajstić information content (AvgIpc) is 3.56. The first-order valence-corrected chi connectivity index (χ1v) is 12.2. The zero-order chi connectivity index (χ0) is 21.8. The average molecular weight is 477 g/mol. The molecule has 3 aromatic heterocycles. The summed E-state index contributed by atoms with van der Waals surface area (Å²) in [7, 11) is 0. The van der Waals surface area contributed by atoms with Crippen LogP contribution in [0.5, 0.6) is 0 Å². The lowest BCUT2D eigenvalue weighted by Crippen LogP contribution is -1.97. The maximum atomic E-state index is 5.89. The largest absolute Gasteiger partial charge is 0.448 e. The topological polar surface area (TPSA) is 82.0 Å². The van der Waals surface area contributed by atoms with E-state index in [0.717, 1.165) is 31.7 Å². The van der Waals surface area contributed by atoms with E-state index in [2.05, 4.69) is 32.1 Å². The van der Waals surface area contributed by atoms with Gasteiger partial charge in [0.1, 0.15) is 5.76 Å². The van der Waals surface area contributed by atoms with Gasteiger partial charge in [-0.25, -0.2) is 4.98 Å². The zero-order valence-corrected chi connectivity index (χ0v) is 19.1. The fourth-order valence-corrected chi connectivity index (χ4v) is 5.45. The molecule has 5 rings (SSSR count). The van der Waals surface area contributed by atoms with Crippen LogP contribution < -0.4 is 0 Å². The number of aromatic nitrogens is 5. The van der Waals surface area contributed by atoms with Crippen molar-refractivity contribution < 1.29 is 4.42 Å². The molecule has 3 heterocycles. The van der Waals surface area contributed by atoms with Gasteiger partial charge in [0, 0.05) is 5.75 Å². The summed E-state index contributed by atoms with van der Waals surface area (Å²) in [5, 5.41) is 13.2. The van der Waals surface area contributed by atoms with Crippen LogP contribution in [0.15, 0.2) is 97.3 Å². The number of aliphatic imine (C=N–C) groups is 1. The van der Waals surface area contributed by atoms with Crippen molar-refractivity contribution in [3.05, 3.63) is 79.1 Å². The van der Waals surface area contributed by atoms with Gasteiger partial charge in [0.2, 0.25) is 5.16 Å². The van der Waals surface area contributed by atoms with Gasteiger partial charge in [-0.05, 0) is 64.7 Å². The zero-order valence-electron chi connectivity index (χ0n) is 16.7. The Kier molecular flexibility index (Phi) is 6.15. The van der Waals surface area contributed by atoms with Gasteiger partial charge in [0.25, 0.3) is 0 Å². The third-order valence-electron chi connectivity index (χ3n) is 4.25. The molecule has 158 valence electrons. The number of benzene rings is 2. The minimum absolute atomic E-state index is 0.620. The van der Waals surface area contributed by atoms with Gasteiger partial charge < -0.3 is 4.42 Å². The van der Waals surface area contributed by atoms with Crippen LogP contribution in [0.2, 0.25) is 0 Å². The van der Waals surface area contributed by atoms with Crippen molar-refractivity contribution in [1.82, 2.24) is 25.2 Å². The Morgan fingerprint density at radius 3 is 2.91 bits per heavy atom. The maximum Gasteiger partial charge on any atom is 0.221 e. The van der Waals surface area contributed by atoms with Crippen molar-refractivity contribution in [3.8, 4) is 5.69 Å². The Balaban J connectivity index is 1.29. The number of thiazole rings is 1. The van der Waals surface area contributed by atoms with Crippen molar-refractivity contribution in [2.24, 2.45) is 4.99 Å². The van der Waals surface area contributed by atoms with E-state index >= 15 is 0 Å². The Hall–Kier alpha value is -3.21. The predicted molar refractivity (Wildman–Crippen MR) is 130 cm³/mol. The second kappa shape index (κ2) is 9.51. The molecule has 0 atom stereocenters. The molecule has 10 heteroatoms. The summed E-state index contributed by atoms with van der Waals surface area (Å²) in [4.78, 5) is 9.18. The van der Waals surface area contributed by atoms with Gasteiger partial charge in [0.15, 0.2) is 9.43 Å². The summed E-state index contributed by atoms with van der Waals surface area (Å²) in [5.41, 5.74) is 2.71. The number of thioether (sulfide) groups is 1. The first-order chi connectivity index (χ1) is 15.8. The minimum Gasteiger partial charge on any atom is -0.448 e. The molecule has 2 aromatic carbocycles. The highest BCUT2D eigenvalue weighted by Crippen LogP contribution is 2.32. The van der Waals surface area contributed by atoms with Crippen molar-refractivity contribution in [2.75, 3.05) is 5.75 Å². The van der Waals surface area contributed by atoms with Crippen LogP contribution in [0.4, 0.5) is 5.69 Å². The van der Waals surface area contributed by atoms with Gasteiger partial charge in [-0.2, -0.15) is 4.68 Å². The van der Waals surface area contributed by atoms with Crippen LogP contribution in [-0.2, 0) is 0 Å². The quantitative estimate of drug-likeness (QED) is 0.153. The Bertz CT molecular complexity index is 1390. The Morgan fingerprint density at radius 1 is 1.12 bits per heavy atom. The molecule has 0 aliphatic heterocycles. The Morgan fingerprint density at radius 2 is 2.03 bits per heavy atom. The lowest BCUT2D eigenvalue weighted by Gasteiger charge is -2.01. The number of nitrogens with zero attached hydrogens (tertiary/aromatic N) is 6. The van der Waals surface area contributed by atoms with E-state index in [-0.39, 0.29) is 0 Å². The standard InChI is InChI=1S/C22H16N6OS3/c1-2-12-30-22-24-18-10-8-15(13-19(18)31-22)23-14-17-9-11-20(29-17)32-21-25-26-27-28(21)16-6-4-3-5-7-16/h2-11,13-14H,1,12H2. The van der Waals surface area contributed by atoms with Crippen molar-refractivity contribution in [2.45, 2.75) is 14.6 Å². The fourth-order valence-electron chi connectivity index (χ4n) is 2.82. The van der Waals surface area contributed by atoms with E-state index in [1.807, 2.05) is 66.7 Å². The summed E-state index contributed by atoms with van der Waals surface area (Å²) >= 11 is 4.70. The summed E-state index contributed by atoms with van der Waals surface area (Å²) in [6.45, 7) is 3.75. The molecule has 0 radical (unpaired) electrons. The van der Waals surface area contributed by atoms with E-state index in [9.17, 15) is 0 Å². The number of furan rings is 1. The van der Waals surface area contributed by atoms with Crippen LogP contribution in [0.1, 0.15) is 5.76 Å². The normalized spacial score (nSPS) is 11.5. The summed E-state index contributed by atoms with van der Waals surface area (Å²) in [6.07, 6.45) is 3.59. The number of hydrogen-bond acceptors (Lipinski definition) is 9. The second-order valence-electron chi connectivity index (χ2n) is 6.46. The second-order valence-corrected chi connectivity index (χ2v) is 9.73. The first-order valence-electron chi connectivity index (χ1n) is 9.58. The molecule has 5 aromatic rings. The molecule has 0 amide bonds. The SMILES string of the molecule is C=CCSc1nc2ccc(N=Cc3ccc(Sc4nnnn4-c4ccccc4)o3)cc2s1. The molecule has 0 aliphatic carbocycles. The summed E-state index contributed by atoms with van der Waals surface area (Å²) < 4.78 is 9.70. The highest BCUT2D eigenvalue weighted by molar-refractivity contribution is 8.01. The number of rotatable bonds is 8. The van der Waals surface area contributed by atoms with Gasteiger partial charge in [-0.3, -0.25) is 4.99 Å². The fraction of sp³-hybridized carbons (Fsp3) is 0.0455. The molecule has 0 aliphatic rings. The van der Waals surface area contributed by atoms with Crippen molar-refractivity contribution in [1.29, 1.82) is 0 Å². The number of para-hydroxylation sites is 1. The van der Waals surface area contributed by atoms with Crippen LogP contribution in [0.3, 0.4) is 0 Å². The highest BCUT2D eigenvalue weighted by Gasteiger charge is 2.12. The maximum absolute atomic E-state index is 5.89. The van der Waals surface area contributed by atoms with Gasteiger partial charge >= 0.3 is 0 Å². The number of tetrazole rings is 1. The highest BCUT2D eigenvalue weighted by atomic mass is 32.2. The molecular weight excluding hydrogens is 460 g/mol. The first kappa shape index (κ1) is 20.7. The summed E-state index contributed by atoms with van der Waals surface area (Å²) in [5.74, 6) is 1.50. The lowest BCUT2D eigenvalue weighted by atomic mass is 10.3. The third kappa shape index (κ3) is 4.67. The van der Waals surface area contributed by atoms with Crippen LogP contribution in [-0.4, -0.2) is 37.2 Å². The van der Waals surface area contributed by atoms with Crippen LogP contribution in [0, 0.1) is 0 Å². The molecule has 0 saturated heterocycles.